The first-order chi connectivity index (χ1) is 16.8. The van der Waals surface area contributed by atoms with Crippen LogP contribution in [0.15, 0.2) is 76.3 Å². The van der Waals surface area contributed by atoms with E-state index in [-0.39, 0.29) is 23.3 Å². The number of anilines is 3. The van der Waals surface area contributed by atoms with Gasteiger partial charge in [0.05, 0.1) is 22.6 Å². The van der Waals surface area contributed by atoms with Crippen molar-refractivity contribution < 1.29 is 22.4 Å². The number of nitrogens with two attached hydrogens (primary N) is 1. The van der Waals surface area contributed by atoms with Gasteiger partial charge in [-0.3, -0.25) is 4.79 Å². The molecule has 9 nitrogen and oxygen atoms in total. The third kappa shape index (κ3) is 4.40. The molecule has 2 aromatic carbocycles. The monoisotopic (exact) mass is 479 g/mol. The van der Waals surface area contributed by atoms with Crippen LogP contribution in [0.3, 0.4) is 0 Å². The van der Waals surface area contributed by atoms with Crippen molar-refractivity contribution in [3.05, 3.63) is 83.6 Å². The highest BCUT2D eigenvalue weighted by Gasteiger charge is 2.32. The predicted molar refractivity (Wildman–Crippen MR) is 122 cm³/mol. The number of aliphatic imine (C=N–C) groups is 1. The van der Waals surface area contributed by atoms with E-state index in [1.807, 2.05) is 42.5 Å². The summed E-state index contributed by atoms with van der Waals surface area (Å²) in [5.74, 6) is -0.696. The van der Waals surface area contributed by atoms with E-state index in [2.05, 4.69) is 30.8 Å². The van der Waals surface area contributed by atoms with Crippen LogP contribution in [0.2, 0.25) is 0 Å². The summed E-state index contributed by atoms with van der Waals surface area (Å²) < 4.78 is 44.1. The average Bonchev–Trinajstić information content (AvgIpc) is 3.25. The number of hydrogen-bond donors (Lipinski definition) is 3. The van der Waals surface area contributed by atoms with Gasteiger partial charge in [0.2, 0.25) is 6.17 Å². The number of para-hydroxylation sites is 1. The molecule has 4 aromatic rings. The van der Waals surface area contributed by atoms with E-state index in [0.717, 1.165) is 17.2 Å². The highest BCUT2D eigenvalue weighted by Crippen LogP contribution is 2.33. The van der Waals surface area contributed by atoms with Crippen molar-refractivity contribution in [3.63, 3.8) is 0 Å². The lowest BCUT2D eigenvalue weighted by atomic mass is 10.0. The van der Waals surface area contributed by atoms with E-state index in [1.54, 1.807) is 12.1 Å². The molecule has 1 aliphatic rings. The summed E-state index contributed by atoms with van der Waals surface area (Å²) in [6, 6.07) is 17.1. The fraction of sp³-hybridized carbons (Fsp3) is 0.0870. The van der Waals surface area contributed by atoms with Gasteiger partial charge in [-0.2, -0.15) is 13.2 Å². The SMILES string of the molecule is Nc1cc(C(F)(F)F)cnc1-c1nnc(N[C@H]2N=C(c3ccccc3)c3ccccc3NC2=O)o1. The number of nitrogen functional groups attached to an aromatic ring is 1. The molecule has 0 unspecified atom stereocenters. The molecule has 0 spiro atoms. The Hall–Kier alpha value is -4.74. The number of amides is 1. The summed E-state index contributed by atoms with van der Waals surface area (Å²) in [6.07, 6.45) is -5.13. The van der Waals surface area contributed by atoms with Gasteiger partial charge in [0, 0.05) is 17.3 Å². The van der Waals surface area contributed by atoms with Gasteiger partial charge in [0.25, 0.3) is 11.8 Å². The van der Waals surface area contributed by atoms with Crippen LogP contribution in [0.1, 0.15) is 16.7 Å². The number of hydrogen-bond acceptors (Lipinski definition) is 8. The van der Waals surface area contributed by atoms with E-state index in [0.29, 0.717) is 17.6 Å². The highest BCUT2D eigenvalue weighted by atomic mass is 19.4. The number of carbonyl (C=O) groups is 1. The van der Waals surface area contributed by atoms with E-state index < -0.39 is 23.8 Å². The van der Waals surface area contributed by atoms with Gasteiger partial charge in [-0.25, -0.2) is 9.98 Å². The number of aromatic nitrogens is 3. The Balaban J connectivity index is 1.46. The molecule has 35 heavy (non-hydrogen) atoms. The lowest BCUT2D eigenvalue weighted by molar-refractivity contribution is -0.137. The number of halogens is 3. The standard InChI is InChI=1S/C23H16F3N7O2/c24-23(25,26)13-10-15(27)18(28-11-13)21-32-33-22(35-21)31-19-20(34)29-16-9-5-4-8-14(16)17(30-19)12-6-2-1-3-7-12/h1-11,19H,27H2,(H,29,34)(H,31,33)/t19-/m1/s1. The van der Waals surface area contributed by atoms with Crippen LogP contribution < -0.4 is 16.4 Å². The summed E-state index contributed by atoms with van der Waals surface area (Å²) in [5, 5.41) is 13.2. The summed E-state index contributed by atoms with van der Waals surface area (Å²) in [6.45, 7) is 0. The predicted octanol–water partition coefficient (Wildman–Crippen LogP) is 3.96. The second-order valence-corrected chi connectivity index (χ2v) is 7.50. The van der Waals surface area contributed by atoms with Crippen LogP contribution in [0, 0.1) is 0 Å². The first-order valence-electron chi connectivity index (χ1n) is 10.3. The second-order valence-electron chi connectivity index (χ2n) is 7.50. The third-order valence-corrected chi connectivity index (χ3v) is 5.13. The third-order valence-electron chi connectivity index (χ3n) is 5.13. The van der Waals surface area contributed by atoms with Crippen molar-refractivity contribution in [1.29, 1.82) is 0 Å². The highest BCUT2D eigenvalue weighted by molar-refractivity contribution is 6.19. The molecule has 1 aliphatic heterocycles. The maximum atomic E-state index is 12.9. The van der Waals surface area contributed by atoms with Gasteiger partial charge in [-0.05, 0) is 12.1 Å². The molecular weight excluding hydrogens is 463 g/mol. The summed E-state index contributed by atoms with van der Waals surface area (Å²) in [4.78, 5) is 21.2. The lowest BCUT2D eigenvalue weighted by Gasteiger charge is -2.11. The van der Waals surface area contributed by atoms with Crippen LogP contribution in [-0.4, -0.2) is 33.0 Å². The molecule has 0 bridgehead atoms. The minimum Gasteiger partial charge on any atom is -0.402 e. The molecule has 0 aliphatic carbocycles. The zero-order chi connectivity index (χ0) is 24.6. The maximum Gasteiger partial charge on any atom is 0.417 e. The molecule has 1 amide bonds. The largest absolute Gasteiger partial charge is 0.417 e. The zero-order valence-corrected chi connectivity index (χ0v) is 17.7. The molecule has 0 fully saturated rings. The van der Waals surface area contributed by atoms with Crippen LogP contribution >= 0.6 is 0 Å². The molecule has 176 valence electrons. The summed E-state index contributed by atoms with van der Waals surface area (Å²) >= 11 is 0. The topological polar surface area (TPSA) is 131 Å². The second kappa shape index (κ2) is 8.56. The van der Waals surface area contributed by atoms with Crippen molar-refractivity contribution in [2.45, 2.75) is 12.3 Å². The van der Waals surface area contributed by atoms with E-state index in [1.165, 1.54) is 0 Å². The number of benzene rings is 2. The Labute approximate surface area is 195 Å². The minimum absolute atomic E-state index is 0.121. The first-order valence-corrected chi connectivity index (χ1v) is 10.3. The first kappa shape index (κ1) is 22.1. The van der Waals surface area contributed by atoms with Gasteiger partial charge in [0.15, 0.2) is 5.69 Å². The molecule has 0 saturated carbocycles. The van der Waals surface area contributed by atoms with Gasteiger partial charge in [-0.1, -0.05) is 53.6 Å². The molecule has 0 radical (unpaired) electrons. The van der Waals surface area contributed by atoms with E-state index in [9.17, 15) is 18.0 Å². The van der Waals surface area contributed by atoms with Crippen molar-refractivity contribution in [2.75, 3.05) is 16.4 Å². The Kier molecular flexibility index (Phi) is 5.40. The van der Waals surface area contributed by atoms with Crippen LogP contribution in [0.25, 0.3) is 11.6 Å². The fourth-order valence-corrected chi connectivity index (χ4v) is 3.49. The molecule has 3 heterocycles. The fourth-order valence-electron chi connectivity index (χ4n) is 3.49. The number of rotatable bonds is 4. The van der Waals surface area contributed by atoms with Crippen molar-refractivity contribution >= 4 is 29.0 Å². The number of alkyl halides is 3. The van der Waals surface area contributed by atoms with Gasteiger partial charge >= 0.3 is 12.2 Å². The minimum atomic E-state index is -4.60. The van der Waals surface area contributed by atoms with Crippen LogP contribution in [-0.2, 0) is 11.0 Å². The summed E-state index contributed by atoms with van der Waals surface area (Å²) in [7, 11) is 0. The zero-order valence-electron chi connectivity index (χ0n) is 17.7. The molecule has 2 aromatic heterocycles. The van der Waals surface area contributed by atoms with E-state index in [4.69, 9.17) is 10.2 Å². The Morgan fingerprint density at radius 3 is 2.51 bits per heavy atom. The van der Waals surface area contributed by atoms with Crippen molar-refractivity contribution in [2.24, 2.45) is 4.99 Å². The smallest absolute Gasteiger partial charge is 0.402 e. The Bertz CT molecular complexity index is 1430. The molecule has 5 rings (SSSR count). The van der Waals surface area contributed by atoms with Crippen LogP contribution in [0.4, 0.5) is 30.6 Å². The maximum absolute atomic E-state index is 12.9. The Morgan fingerprint density at radius 1 is 1.03 bits per heavy atom. The number of pyridine rings is 1. The molecular formula is C23H16F3N7O2. The van der Waals surface area contributed by atoms with E-state index >= 15 is 0 Å². The average molecular weight is 479 g/mol. The van der Waals surface area contributed by atoms with Crippen molar-refractivity contribution in [3.8, 4) is 11.6 Å². The molecule has 12 heteroatoms. The van der Waals surface area contributed by atoms with Gasteiger partial charge < -0.3 is 20.8 Å². The van der Waals surface area contributed by atoms with Gasteiger partial charge in [0.1, 0.15) is 0 Å². The number of nitrogens with one attached hydrogen (secondary N) is 2. The molecule has 1 atom stereocenters. The molecule has 4 N–H and O–H groups in total. The number of fused-ring (bicyclic) bond motifs is 1. The lowest BCUT2D eigenvalue weighted by Crippen LogP contribution is -2.32. The number of benzodiazepines with no additional fused rings is 1. The number of nitrogens with zero attached hydrogens (tertiary/aromatic N) is 4. The molecule has 0 saturated heterocycles. The van der Waals surface area contributed by atoms with Crippen molar-refractivity contribution in [1.82, 2.24) is 15.2 Å². The van der Waals surface area contributed by atoms with Crippen LogP contribution in [0.5, 0.6) is 0 Å². The van der Waals surface area contributed by atoms with Gasteiger partial charge in [-0.15, -0.1) is 5.10 Å². The number of carbonyl (C=O) groups excluding carboxylic acids is 1. The normalized spacial score (nSPS) is 15.6. The summed E-state index contributed by atoms with van der Waals surface area (Å²) in [5.41, 5.74) is 6.96. The quantitative estimate of drug-likeness (QED) is 0.404. The Morgan fingerprint density at radius 2 is 1.77 bits per heavy atom.